The number of nitrogens with zero attached hydrogens (tertiary/aromatic N) is 2. The van der Waals surface area contributed by atoms with E-state index in [2.05, 4.69) is 14.9 Å². The van der Waals surface area contributed by atoms with E-state index in [0.29, 0.717) is 28.8 Å². The van der Waals surface area contributed by atoms with Crippen LogP contribution in [0.5, 0.6) is 11.6 Å². The average Bonchev–Trinajstić information content (AvgIpc) is 3.26. The summed E-state index contributed by atoms with van der Waals surface area (Å²) < 4.78 is 5.88. The number of ketones is 1. The molecule has 8 nitrogen and oxygen atoms in total. The number of aliphatic imine (C=N–C) groups is 1. The van der Waals surface area contributed by atoms with Crippen LogP contribution >= 0.6 is 0 Å². The van der Waals surface area contributed by atoms with E-state index in [1.54, 1.807) is 42.6 Å². The molecule has 5 rings (SSSR count). The zero-order valence-corrected chi connectivity index (χ0v) is 21.0. The van der Waals surface area contributed by atoms with Crippen molar-refractivity contribution in [3.05, 3.63) is 89.0 Å². The number of hydrogen-bond acceptors (Lipinski definition) is 6. The van der Waals surface area contributed by atoms with Crippen LogP contribution in [0.2, 0.25) is 0 Å². The number of nitrogens with two attached hydrogens (primary N) is 1. The smallest absolute Gasteiger partial charge is 0.248 e. The van der Waals surface area contributed by atoms with Crippen LogP contribution in [-0.4, -0.2) is 59.1 Å². The van der Waals surface area contributed by atoms with Crippen molar-refractivity contribution in [3.63, 3.8) is 0 Å². The SMILES string of the molecule is NC(=O)c1cccc(C(=O)c2ccc3c(C=Nc4ccc(OCCN5CCCCC5)cc4)c(O)[nH]c3c2)c1. The number of ether oxygens (including phenoxy) is 1. The first kappa shape index (κ1) is 25.2. The Bertz CT molecular complexity index is 1480. The van der Waals surface area contributed by atoms with E-state index in [4.69, 9.17) is 10.5 Å². The van der Waals surface area contributed by atoms with Gasteiger partial charge in [0.05, 0.1) is 11.3 Å². The summed E-state index contributed by atoms with van der Waals surface area (Å²) in [5.74, 6) is -0.0860. The van der Waals surface area contributed by atoms with E-state index in [0.717, 1.165) is 36.5 Å². The number of likely N-dealkylation sites (tertiary alicyclic amines) is 1. The second kappa shape index (κ2) is 11.3. The van der Waals surface area contributed by atoms with E-state index in [-0.39, 0.29) is 17.2 Å². The number of benzene rings is 3. The minimum atomic E-state index is -0.594. The summed E-state index contributed by atoms with van der Waals surface area (Å²) in [6, 6.07) is 18.9. The van der Waals surface area contributed by atoms with Gasteiger partial charge in [-0.3, -0.25) is 19.5 Å². The Morgan fingerprint density at radius 1 is 0.974 bits per heavy atom. The summed E-state index contributed by atoms with van der Waals surface area (Å²) in [6.45, 7) is 3.90. The molecule has 1 saturated heterocycles. The molecule has 0 spiro atoms. The third kappa shape index (κ3) is 5.76. The molecule has 0 aliphatic carbocycles. The van der Waals surface area contributed by atoms with Crippen LogP contribution in [0.25, 0.3) is 10.9 Å². The van der Waals surface area contributed by atoms with Crippen LogP contribution in [0.15, 0.2) is 71.7 Å². The molecule has 0 bridgehead atoms. The molecule has 1 aliphatic rings. The van der Waals surface area contributed by atoms with Gasteiger partial charge in [0, 0.05) is 40.4 Å². The molecule has 1 aliphatic heterocycles. The van der Waals surface area contributed by atoms with E-state index in [1.807, 2.05) is 24.3 Å². The molecule has 0 radical (unpaired) electrons. The number of hydrogen-bond donors (Lipinski definition) is 3. The number of H-pyrrole nitrogens is 1. The van der Waals surface area contributed by atoms with Crippen molar-refractivity contribution in [2.24, 2.45) is 10.7 Å². The van der Waals surface area contributed by atoms with Gasteiger partial charge in [-0.05, 0) is 68.4 Å². The Hall–Kier alpha value is -4.43. The summed E-state index contributed by atoms with van der Waals surface area (Å²) in [6.07, 6.45) is 5.46. The molecular weight excluding hydrogens is 480 g/mol. The van der Waals surface area contributed by atoms with Gasteiger partial charge in [-0.25, -0.2) is 0 Å². The lowest BCUT2D eigenvalue weighted by molar-refractivity contribution is 0.1000. The summed E-state index contributed by atoms with van der Waals surface area (Å²) in [4.78, 5) is 34.3. The summed E-state index contributed by atoms with van der Waals surface area (Å²) in [5, 5.41) is 11.2. The standard InChI is InChI=1S/C30H30N4O4/c31-29(36)22-6-4-5-20(17-22)28(35)21-7-12-25-26(30(37)33-27(25)18-21)19-32-23-8-10-24(11-9-23)38-16-15-34-13-2-1-3-14-34/h4-12,17-19,33,37H,1-3,13-16H2,(H2,31,36). The van der Waals surface area contributed by atoms with Gasteiger partial charge in [-0.2, -0.15) is 0 Å². The fraction of sp³-hybridized carbons (Fsp3) is 0.233. The zero-order chi connectivity index (χ0) is 26.5. The number of carbonyl (C=O) groups is 2. The predicted octanol–water partition coefficient (Wildman–Crippen LogP) is 4.82. The van der Waals surface area contributed by atoms with Crippen LogP contribution in [0.1, 0.15) is 51.1 Å². The molecule has 3 aromatic carbocycles. The number of aromatic amines is 1. The normalized spacial score (nSPS) is 14.2. The average molecular weight is 511 g/mol. The maximum absolute atomic E-state index is 13.0. The minimum Gasteiger partial charge on any atom is -0.494 e. The van der Waals surface area contributed by atoms with Crippen LogP contribution < -0.4 is 10.5 Å². The summed E-state index contributed by atoms with van der Waals surface area (Å²) in [5.41, 5.74) is 8.22. The lowest BCUT2D eigenvalue weighted by Gasteiger charge is -2.26. The fourth-order valence-corrected chi connectivity index (χ4v) is 4.70. The quantitative estimate of drug-likeness (QED) is 0.220. The number of nitrogens with one attached hydrogen (secondary N) is 1. The monoisotopic (exact) mass is 510 g/mol. The summed E-state index contributed by atoms with van der Waals surface area (Å²) >= 11 is 0. The molecule has 0 saturated carbocycles. The zero-order valence-electron chi connectivity index (χ0n) is 21.0. The van der Waals surface area contributed by atoms with Gasteiger partial charge < -0.3 is 20.6 Å². The third-order valence-corrected chi connectivity index (χ3v) is 6.79. The highest BCUT2D eigenvalue weighted by molar-refractivity contribution is 6.12. The van der Waals surface area contributed by atoms with Gasteiger partial charge >= 0.3 is 0 Å². The highest BCUT2D eigenvalue weighted by Gasteiger charge is 2.15. The first-order valence-corrected chi connectivity index (χ1v) is 12.8. The van der Waals surface area contributed by atoms with Gasteiger partial charge in [0.2, 0.25) is 5.91 Å². The topological polar surface area (TPSA) is 121 Å². The lowest BCUT2D eigenvalue weighted by Crippen LogP contribution is -2.33. The second-order valence-corrected chi connectivity index (χ2v) is 9.42. The molecule has 38 heavy (non-hydrogen) atoms. The van der Waals surface area contributed by atoms with E-state index < -0.39 is 5.91 Å². The van der Waals surface area contributed by atoms with Crippen molar-refractivity contribution in [2.45, 2.75) is 19.3 Å². The largest absolute Gasteiger partial charge is 0.494 e. The Morgan fingerprint density at radius 2 is 1.71 bits per heavy atom. The highest BCUT2D eigenvalue weighted by Crippen LogP contribution is 2.28. The van der Waals surface area contributed by atoms with Crippen molar-refractivity contribution < 1.29 is 19.4 Å². The van der Waals surface area contributed by atoms with Crippen LogP contribution in [-0.2, 0) is 0 Å². The van der Waals surface area contributed by atoms with Crippen molar-refractivity contribution >= 4 is 34.5 Å². The number of aromatic hydroxyl groups is 1. The molecular formula is C30H30N4O4. The van der Waals surface area contributed by atoms with Crippen molar-refractivity contribution in [1.82, 2.24) is 9.88 Å². The lowest BCUT2D eigenvalue weighted by atomic mass is 10.00. The maximum Gasteiger partial charge on any atom is 0.248 e. The van der Waals surface area contributed by atoms with E-state index in [1.165, 1.54) is 25.3 Å². The van der Waals surface area contributed by atoms with Crippen molar-refractivity contribution in [1.29, 1.82) is 0 Å². The van der Waals surface area contributed by atoms with Crippen LogP contribution in [0.3, 0.4) is 0 Å². The maximum atomic E-state index is 13.0. The fourth-order valence-electron chi connectivity index (χ4n) is 4.70. The molecule has 0 atom stereocenters. The number of piperidine rings is 1. The van der Waals surface area contributed by atoms with Crippen molar-refractivity contribution in [2.75, 3.05) is 26.2 Å². The number of carbonyl (C=O) groups excluding carboxylic acids is 2. The van der Waals surface area contributed by atoms with E-state index >= 15 is 0 Å². The number of fused-ring (bicyclic) bond motifs is 1. The molecule has 2 heterocycles. The molecule has 1 fully saturated rings. The van der Waals surface area contributed by atoms with Gasteiger partial charge in [-0.15, -0.1) is 0 Å². The predicted molar refractivity (Wildman–Crippen MR) is 148 cm³/mol. The van der Waals surface area contributed by atoms with E-state index in [9.17, 15) is 14.7 Å². The molecule has 1 aromatic heterocycles. The summed E-state index contributed by atoms with van der Waals surface area (Å²) in [7, 11) is 0. The van der Waals surface area contributed by atoms with Crippen molar-refractivity contribution in [3.8, 4) is 11.6 Å². The highest BCUT2D eigenvalue weighted by atomic mass is 16.5. The van der Waals surface area contributed by atoms with Gasteiger partial charge in [0.1, 0.15) is 12.4 Å². The number of aromatic nitrogens is 1. The third-order valence-electron chi connectivity index (χ3n) is 6.79. The van der Waals surface area contributed by atoms with Crippen LogP contribution in [0.4, 0.5) is 5.69 Å². The molecule has 1 amide bonds. The number of amides is 1. The Balaban J connectivity index is 1.26. The van der Waals surface area contributed by atoms with Gasteiger partial charge in [-0.1, -0.05) is 30.7 Å². The molecule has 4 aromatic rings. The van der Waals surface area contributed by atoms with Crippen LogP contribution in [0, 0.1) is 0 Å². The Morgan fingerprint density at radius 3 is 2.47 bits per heavy atom. The Kier molecular flexibility index (Phi) is 7.51. The number of rotatable bonds is 9. The molecule has 194 valence electrons. The molecule has 8 heteroatoms. The van der Waals surface area contributed by atoms with Gasteiger partial charge in [0.25, 0.3) is 0 Å². The minimum absolute atomic E-state index is 0.0401. The Labute approximate surface area is 220 Å². The first-order chi connectivity index (χ1) is 18.5. The molecule has 0 unspecified atom stereocenters. The number of primary amides is 1. The van der Waals surface area contributed by atoms with Gasteiger partial charge in [0.15, 0.2) is 11.7 Å². The first-order valence-electron chi connectivity index (χ1n) is 12.8. The second-order valence-electron chi connectivity index (χ2n) is 9.42. The molecule has 4 N–H and O–H groups in total.